The van der Waals surface area contributed by atoms with Crippen LogP contribution < -0.4 is 5.32 Å². The van der Waals surface area contributed by atoms with Gasteiger partial charge in [-0.3, -0.25) is 9.88 Å². The number of rotatable bonds is 5. The van der Waals surface area contributed by atoms with Crippen molar-refractivity contribution in [2.24, 2.45) is 5.92 Å². The lowest BCUT2D eigenvalue weighted by atomic mass is 10.0. The molecule has 112 valence electrons. The van der Waals surface area contributed by atoms with E-state index in [1.54, 1.807) is 0 Å². The van der Waals surface area contributed by atoms with Gasteiger partial charge in [-0.2, -0.15) is 0 Å². The van der Waals surface area contributed by atoms with Gasteiger partial charge in [-0.05, 0) is 35.0 Å². The second-order valence-electron chi connectivity index (χ2n) is 5.92. The molecule has 4 nitrogen and oxygen atoms in total. The van der Waals surface area contributed by atoms with Crippen molar-refractivity contribution < 1.29 is 0 Å². The molecule has 1 aromatic rings. The van der Waals surface area contributed by atoms with Gasteiger partial charge in [-0.15, -0.1) is 0 Å². The molecule has 0 spiro atoms. The Bertz CT molecular complexity index is 416. The van der Waals surface area contributed by atoms with Crippen LogP contribution >= 0.6 is 15.9 Å². The second kappa shape index (κ2) is 7.38. The lowest BCUT2D eigenvalue weighted by Gasteiger charge is -2.40. The van der Waals surface area contributed by atoms with E-state index in [0.717, 1.165) is 29.8 Å². The molecule has 20 heavy (non-hydrogen) atoms. The lowest BCUT2D eigenvalue weighted by Crippen LogP contribution is -2.52. The van der Waals surface area contributed by atoms with E-state index in [1.807, 2.05) is 12.4 Å². The normalized spacial score (nSPS) is 19.2. The highest BCUT2D eigenvalue weighted by molar-refractivity contribution is 9.10. The number of aromatic nitrogens is 1. The number of pyridine rings is 1. The van der Waals surface area contributed by atoms with Gasteiger partial charge < -0.3 is 10.2 Å². The molecule has 0 aliphatic carbocycles. The summed E-state index contributed by atoms with van der Waals surface area (Å²) in [7, 11) is 2.20. The fourth-order valence-electron chi connectivity index (χ4n) is 2.67. The number of nitrogens with one attached hydrogen (secondary N) is 1. The van der Waals surface area contributed by atoms with Crippen LogP contribution in [0.5, 0.6) is 0 Å². The number of likely N-dealkylation sites (N-methyl/N-ethyl adjacent to an activating group) is 1. The van der Waals surface area contributed by atoms with Crippen molar-refractivity contribution in [1.29, 1.82) is 0 Å². The van der Waals surface area contributed by atoms with Gasteiger partial charge in [0.1, 0.15) is 0 Å². The third-order valence-corrected chi connectivity index (χ3v) is 4.43. The Labute approximate surface area is 130 Å². The van der Waals surface area contributed by atoms with Crippen LogP contribution in [0.4, 0.5) is 5.69 Å². The Balaban J connectivity index is 1.92. The average molecular weight is 341 g/mol. The highest BCUT2D eigenvalue weighted by Crippen LogP contribution is 2.17. The molecule has 1 atom stereocenters. The zero-order chi connectivity index (χ0) is 14.5. The number of anilines is 1. The quantitative estimate of drug-likeness (QED) is 0.892. The molecular weight excluding hydrogens is 316 g/mol. The first-order valence-corrected chi connectivity index (χ1v) is 8.12. The predicted molar refractivity (Wildman–Crippen MR) is 88.1 cm³/mol. The number of nitrogens with zero attached hydrogens (tertiary/aromatic N) is 3. The Morgan fingerprint density at radius 1 is 1.25 bits per heavy atom. The molecule has 5 heteroatoms. The van der Waals surface area contributed by atoms with Gasteiger partial charge in [0.25, 0.3) is 0 Å². The lowest BCUT2D eigenvalue weighted by molar-refractivity contribution is 0.0944. The third-order valence-electron chi connectivity index (χ3n) is 4.00. The fraction of sp³-hybridized carbons (Fsp3) is 0.667. The molecule has 2 heterocycles. The van der Waals surface area contributed by atoms with Crippen molar-refractivity contribution >= 4 is 21.6 Å². The maximum Gasteiger partial charge on any atom is 0.0538 e. The second-order valence-corrected chi connectivity index (χ2v) is 6.84. The molecule has 0 saturated carbocycles. The summed E-state index contributed by atoms with van der Waals surface area (Å²) in [6.07, 6.45) is 3.69. The van der Waals surface area contributed by atoms with Gasteiger partial charge >= 0.3 is 0 Å². The van der Waals surface area contributed by atoms with Crippen LogP contribution in [0.2, 0.25) is 0 Å². The molecule has 1 unspecified atom stereocenters. The monoisotopic (exact) mass is 340 g/mol. The Kier molecular flexibility index (Phi) is 5.81. The largest absolute Gasteiger partial charge is 0.382 e. The van der Waals surface area contributed by atoms with Gasteiger partial charge in [0, 0.05) is 49.4 Å². The summed E-state index contributed by atoms with van der Waals surface area (Å²) in [5.41, 5.74) is 1.08. The Hall–Kier alpha value is -0.650. The number of piperazine rings is 1. The highest BCUT2D eigenvalue weighted by Gasteiger charge is 2.24. The van der Waals surface area contributed by atoms with Gasteiger partial charge in [0.15, 0.2) is 0 Å². The summed E-state index contributed by atoms with van der Waals surface area (Å²) in [6, 6.07) is 2.65. The minimum Gasteiger partial charge on any atom is -0.382 e. The van der Waals surface area contributed by atoms with Crippen LogP contribution in [0.3, 0.4) is 0 Å². The van der Waals surface area contributed by atoms with E-state index in [-0.39, 0.29) is 0 Å². The molecule has 0 bridgehead atoms. The Morgan fingerprint density at radius 2 is 1.95 bits per heavy atom. The summed E-state index contributed by atoms with van der Waals surface area (Å²) < 4.78 is 1.02. The van der Waals surface area contributed by atoms with Crippen LogP contribution in [0.25, 0.3) is 0 Å². The number of halogens is 1. The zero-order valence-electron chi connectivity index (χ0n) is 12.6. The maximum atomic E-state index is 4.20. The van der Waals surface area contributed by atoms with Crippen LogP contribution in [-0.4, -0.2) is 60.6 Å². The van der Waals surface area contributed by atoms with Gasteiger partial charge in [0.2, 0.25) is 0 Å². The van der Waals surface area contributed by atoms with E-state index in [0.29, 0.717) is 12.0 Å². The summed E-state index contributed by atoms with van der Waals surface area (Å²) >= 11 is 3.46. The zero-order valence-corrected chi connectivity index (χ0v) is 14.2. The summed E-state index contributed by atoms with van der Waals surface area (Å²) in [5.74, 6) is 0.644. The molecule has 0 radical (unpaired) electrons. The van der Waals surface area contributed by atoms with Crippen LogP contribution in [0.15, 0.2) is 22.9 Å². The minimum atomic E-state index is 0.572. The number of hydrogen-bond donors (Lipinski definition) is 1. The summed E-state index contributed by atoms with van der Waals surface area (Å²) in [5, 5.41) is 3.53. The van der Waals surface area contributed by atoms with E-state index in [1.165, 1.54) is 13.1 Å². The van der Waals surface area contributed by atoms with Crippen molar-refractivity contribution in [3.63, 3.8) is 0 Å². The molecule has 1 fully saturated rings. The van der Waals surface area contributed by atoms with E-state index in [2.05, 4.69) is 63.0 Å². The SMILES string of the molecule is CC(C)C(CNc1cncc(Br)c1)N1CCN(C)CC1. The first kappa shape index (κ1) is 15.7. The van der Waals surface area contributed by atoms with Gasteiger partial charge in [-0.1, -0.05) is 13.8 Å². The minimum absolute atomic E-state index is 0.572. The van der Waals surface area contributed by atoms with Gasteiger partial charge in [0.05, 0.1) is 11.9 Å². The first-order valence-electron chi connectivity index (χ1n) is 7.33. The predicted octanol–water partition coefficient (Wildman–Crippen LogP) is 2.53. The van der Waals surface area contributed by atoms with E-state index < -0.39 is 0 Å². The molecular formula is C15H25BrN4. The van der Waals surface area contributed by atoms with E-state index >= 15 is 0 Å². The summed E-state index contributed by atoms with van der Waals surface area (Å²) in [6.45, 7) is 10.3. The molecule has 1 aliphatic heterocycles. The van der Waals surface area contributed by atoms with Crippen molar-refractivity contribution in [1.82, 2.24) is 14.8 Å². The maximum absolute atomic E-state index is 4.20. The third kappa shape index (κ3) is 4.43. The average Bonchev–Trinajstić information content (AvgIpc) is 2.41. The number of hydrogen-bond acceptors (Lipinski definition) is 4. The van der Waals surface area contributed by atoms with Crippen molar-refractivity contribution in [3.05, 3.63) is 22.9 Å². The fourth-order valence-corrected chi connectivity index (χ4v) is 3.04. The molecule has 0 aromatic carbocycles. The highest BCUT2D eigenvalue weighted by atomic mass is 79.9. The van der Waals surface area contributed by atoms with E-state index in [9.17, 15) is 0 Å². The molecule has 1 N–H and O–H groups in total. The molecule has 1 aliphatic rings. The molecule has 1 saturated heterocycles. The van der Waals surface area contributed by atoms with Crippen molar-refractivity contribution in [2.75, 3.05) is 45.1 Å². The van der Waals surface area contributed by atoms with Crippen LogP contribution in [0.1, 0.15) is 13.8 Å². The molecule has 2 rings (SSSR count). The van der Waals surface area contributed by atoms with E-state index in [4.69, 9.17) is 0 Å². The molecule has 0 amide bonds. The summed E-state index contributed by atoms with van der Waals surface area (Å²) in [4.78, 5) is 9.22. The first-order chi connectivity index (χ1) is 9.56. The topological polar surface area (TPSA) is 31.4 Å². The standard InChI is InChI=1S/C15H25BrN4/c1-12(2)15(20-6-4-19(3)5-7-20)11-18-14-8-13(16)9-17-10-14/h8-10,12,15,18H,4-7,11H2,1-3H3. The smallest absolute Gasteiger partial charge is 0.0538 e. The van der Waals surface area contributed by atoms with Crippen molar-refractivity contribution in [3.8, 4) is 0 Å². The molecule has 1 aromatic heterocycles. The Morgan fingerprint density at radius 3 is 2.55 bits per heavy atom. The van der Waals surface area contributed by atoms with Crippen molar-refractivity contribution in [2.45, 2.75) is 19.9 Å². The van der Waals surface area contributed by atoms with Gasteiger partial charge in [-0.25, -0.2) is 0 Å². The van der Waals surface area contributed by atoms with Crippen LogP contribution in [0, 0.1) is 5.92 Å². The van der Waals surface area contributed by atoms with Crippen LogP contribution in [-0.2, 0) is 0 Å².